The molecular weight excluding hydrogens is 650 g/mol. The maximum Gasteiger partial charge on any atom is 0.264 e. The molecule has 0 aromatic heterocycles. The van der Waals surface area contributed by atoms with Crippen LogP contribution in [-0.2, 0) is 32.6 Å². The highest BCUT2D eigenvalue weighted by molar-refractivity contribution is 7.92. The number of hydrogen-bond donors (Lipinski definition) is 1. The Labute approximate surface area is 286 Å². The van der Waals surface area contributed by atoms with Crippen molar-refractivity contribution >= 4 is 39.1 Å². The van der Waals surface area contributed by atoms with E-state index in [1.54, 1.807) is 54.6 Å². The molecule has 1 aliphatic carbocycles. The molecule has 0 radical (unpaired) electrons. The predicted molar refractivity (Wildman–Crippen MR) is 185 cm³/mol. The third-order valence-corrected chi connectivity index (χ3v) is 10.9. The Morgan fingerprint density at radius 2 is 1.48 bits per heavy atom. The number of carbonyl (C=O) groups excluding carboxylic acids is 2. The number of sulfonamides is 1. The molecule has 0 bridgehead atoms. The molecule has 1 unspecified atom stereocenters. The van der Waals surface area contributed by atoms with Gasteiger partial charge < -0.3 is 19.7 Å². The smallest absolute Gasteiger partial charge is 0.264 e. The van der Waals surface area contributed by atoms with Crippen LogP contribution in [0, 0.1) is 0 Å². The second kappa shape index (κ2) is 15.1. The number of rotatable bonds is 12. The van der Waals surface area contributed by atoms with Crippen molar-refractivity contribution in [3.63, 3.8) is 0 Å². The quantitative estimate of drug-likeness (QED) is 0.196. The maximum absolute atomic E-state index is 14.7. The highest BCUT2D eigenvalue weighted by Gasteiger charge is 2.36. The minimum Gasteiger partial charge on any atom is -0.486 e. The number of hydrogen-bond acceptors (Lipinski definition) is 6. The van der Waals surface area contributed by atoms with E-state index in [9.17, 15) is 18.0 Å². The summed E-state index contributed by atoms with van der Waals surface area (Å²) in [5, 5.41) is 3.62. The molecule has 2 amide bonds. The molecule has 1 fully saturated rings. The Morgan fingerprint density at radius 1 is 0.833 bits per heavy atom. The van der Waals surface area contributed by atoms with Gasteiger partial charge in [-0.25, -0.2) is 8.42 Å². The second-order valence-corrected chi connectivity index (χ2v) is 14.2. The van der Waals surface area contributed by atoms with Gasteiger partial charge in [-0.05, 0) is 54.3 Å². The molecule has 4 aromatic carbocycles. The van der Waals surface area contributed by atoms with E-state index in [1.165, 1.54) is 17.0 Å². The van der Waals surface area contributed by atoms with Crippen LogP contribution in [0.2, 0.25) is 5.02 Å². The molecule has 11 heteroatoms. The van der Waals surface area contributed by atoms with Crippen molar-refractivity contribution in [1.82, 2.24) is 10.2 Å². The standard InChI is InChI=1S/C37H38ClN3O6S/c38-32-18-10-7-13-28(32)25-40(33(23-27-11-3-1-4-12-27)37(43)39-29-14-8-9-15-29)36(42)26-41(48(44,45)31-16-5-2-6-17-31)30-19-20-34-35(24-30)47-22-21-46-34/h1-7,10-13,16-20,24,29,33H,8-9,14-15,21-23,25-26H2,(H,39,43). The first kappa shape index (κ1) is 33.4. The van der Waals surface area contributed by atoms with E-state index in [0.29, 0.717) is 35.3 Å². The first-order chi connectivity index (χ1) is 23.3. The van der Waals surface area contributed by atoms with Gasteiger partial charge in [0, 0.05) is 30.1 Å². The van der Waals surface area contributed by atoms with Gasteiger partial charge in [0.2, 0.25) is 11.8 Å². The number of nitrogens with zero attached hydrogens (tertiary/aromatic N) is 2. The van der Waals surface area contributed by atoms with Crippen LogP contribution in [0.25, 0.3) is 0 Å². The van der Waals surface area contributed by atoms with Crippen LogP contribution in [0.3, 0.4) is 0 Å². The van der Waals surface area contributed by atoms with Gasteiger partial charge in [-0.2, -0.15) is 0 Å². The summed E-state index contributed by atoms with van der Waals surface area (Å²) in [6, 6.07) is 28.4. The first-order valence-electron chi connectivity index (χ1n) is 16.1. The van der Waals surface area contributed by atoms with E-state index in [2.05, 4.69) is 5.32 Å². The van der Waals surface area contributed by atoms with E-state index in [0.717, 1.165) is 35.6 Å². The summed E-state index contributed by atoms with van der Waals surface area (Å²) in [6.07, 6.45) is 4.02. The topological polar surface area (TPSA) is 105 Å². The minimum atomic E-state index is -4.25. The third-order valence-electron chi connectivity index (χ3n) is 8.69. The highest BCUT2D eigenvalue weighted by Crippen LogP contribution is 2.36. The first-order valence-corrected chi connectivity index (χ1v) is 18.0. The van der Waals surface area contributed by atoms with Crippen LogP contribution in [0.15, 0.2) is 108 Å². The lowest BCUT2D eigenvalue weighted by molar-refractivity contribution is -0.140. The van der Waals surface area contributed by atoms with Crippen molar-refractivity contribution in [3.8, 4) is 11.5 Å². The van der Waals surface area contributed by atoms with Gasteiger partial charge in [0.05, 0.1) is 10.6 Å². The van der Waals surface area contributed by atoms with Crippen molar-refractivity contribution in [2.75, 3.05) is 24.1 Å². The Bertz CT molecular complexity index is 1830. The summed E-state index contributed by atoms with van der Waals surface area (Å²) in [7, 11) is -4.25. The van der Waals surface area contributed by atoms with Gasteiger partial charge in [0.25, 0.3) is 10.0 Å². The summed E-state index contributed by atoms with van der Waals surface area (Å²) in [5.41, 5.74) is 1.72. The summed E-state index contributed by atoms with van der Waals surface area (Å²) < 4.78 is 41.1. The molecule has 1 heterocycles. The van der Waals surface area contributed by atoms with Gasteiger partial charge in [0.15, 0.2) is 11.5 Å². The van der Waals surface area contributed by atoms with Gasteiger partial charge in [0.1, 0.15) is 25.8 Å². The molecule has 250 valence electrons. The third kappa shape index (κ3) is 7.77. The number of nitrogens with one attached hydrogen (secondary N) is 1. The summed E-state index contributed by atoms with van der Waals surface area (Å²) in [6.45, 7) is 0.0983. The van der Waals surface area contributed by atoms with Gasteiger partial charge >= 0.3 is 0 Å². The van der Waals surface area contributed by atoms with Crippen LogP contribution in [0.1, 0.15) is 36.8 Å². The zero-order valence-electron chi connectivity index (χ0n) is 26.5. The number of ether oxygens (including phenoxy) is 2. The molecule has 6 rings (SSSR count). The number of halogens is 1. The fraction of sp³-hybridized carbons (Fsp3) is 0.297. The van der Waals surface area contributed by atoms with Crippen molar-refractivity contribution in [1.29, 1.82) is 0 Å². The van der Waals surface area contributed by atoms with Crippen LogP contribution in [0.5, 0.6) is 11.5 Å². The molecule has 1 aliphatic heterocycles. The lowest BCUT2D eigenvalue weighted by Gasteiger charge is -2.34. The summed E-state index contributed by atoms with van der Waals surface area (Å²) in [5.74, 6) is 0.0142. The molecular formula is C37H38ClN3O6S. The Morgan fingerprint density at radius 3 is 2.19 bits per heavy atom. The number of benzene rings is 4. The zero-order chi connectivity index (χ0) is 33.5. The van der Waals surface area contributed by atoms with Gasteiger partial charge in [-0.1, -0.05) is 91.2 Å². The number of amides is 2. The van der Waals surface area contributed by atoms with Crippen LogP contribution in [-0.4, -0.2) is 57.0 Å². The van der Waals surface area contributed by atoms with E-state index in [1.807, 2.05) is 36.4 Å². The van der Waals surface area contributed by atoms with E-state index in [4.69, 9.17) is 21.1 Å². The molecule has 0 saturated heterocycles. The van der Waals surface area contributed by atoms with Crippen molar-refractivity contribution in [2.45, 2.75) is 55.6 Å². The monoisotopic (exact) mass is 687 g/mol. The normalized spacial score (nSPS) is 15.0. The Hall–Kier alpha value is -4.54. The molecule has 0 spiro atoms. The molecule has 2 aliphatic rings. The maximum atomic E-state index is 14.7. The van der Waals surface area contributed by atoms with Crippen LogP contribution < -0.4 is 19.1 Å². The summed E-state index contributed by atoms with van der Waals surface area (Å²) >= 11 is 6.61. The van der Waals surface area contributed by atoms with E-state index in [-0.39, 0.29) is 35.5 Å². The fourth-order valence-electron chi connectivity index (χ4n) is 6.17. The molecule has 1 atom stereocenters. The van der Waals surface area contributed by atoms with Crippen molar-refractivity contribution in [2.24, 2.45) is 0 Å². The van der Waals surface area contributed by atoms with Gasteiger partial charge in [-0.15, -0.1) is 0 Å². The molecule has 1 saturated carbocycles. The lowest BCUT2D eigenvalue weighted by Crippen LogP contribution is -2.54. The highest BCUT2D eigenvalue weighted by atomic mass is 35.5. The molecule has 9 nitrogen and oxygen atoms in total. The Kier molecular flexibility index (Phi) is 10.5. The summed E-state index contributed by atoms with van der Waals surface area (Å²) in [4.78, 5) is 30.4. The van der Waals surface area contributed by atoms with Crippen LogP contribution >= 0.6 is 11.6 Å². The van der Waals surface area contributed by atoms with Crippen LogP contribution in [0.4, 0.5) is 5.69 Å². The Balaban J connectivity index is 1.41. The largest absolute Gasteiger partial charge is 0.486 e. The molecule has 48 heavy (non-hydrogen) atoms. The number of carbonyl (C=O) groups is 2. The fourth-order valence-corrected chi connectivity index (χ4v) is 7.79. The molecule has 1 N–H and O–H groups in total. The van der Waals surface area contributed by atoms with Crippen molar-refractivity contribution in [3.05, 3.63) is 119 Å². The average Bonchev–Trinajstić information content (AvgIpc) is 3.63. The lowest BCUT2D eigenvalue weighted by atomic mass is 10.0. The van der Waals surface area contributed by atoms with E-state index < -0.39 is 28.5 Å². The number of fused-ring (bicyclic) bond motifs is 1. The zero-order valence-corrected chi connectivity index (χ0v) is 28.0. The number of anilines is 1. The van der Waals surface area contributed by atoms with Crippen molar-refractivity contribution < 1.29 is 27.5 Å². The van der Waals surface area contributed by atoms with E-state index >= 15 is 0 Å². The minimum absolute atomic E-state index is 0.00550. The predicted octanol–water partition coefficient (Wildman–Crippen LogP) is 6.01. The second-order valence-electron chi connectivity index (χ2n) is 12.0. The molecule has 4 aromatic rings. The SMILES string of the molecule is O=C(NC1CCCC1)C(Cc1ccccc1)N(Cc1ccccc1Cl)C(=O)CN(c1ccc2c(c1)OCCO2)S(=O)(=O)c1ccccc1. The van der Waals surface area contributed by atoms with Gasteiger partial charge in [-0.3, -0.25) is 13.9 Å². The average molecular weight is 688 g/mol.